The number of alkyl halides is 1. The first-order valence-electron chi connectivity index (χ1n) is 7.89. The van der Waals surface area contributed by atoms with Gasteiger partial charge in [-0.1, -0.05) is 32.1 Å². The fourth-order valence-corrected chi connectivity index (χ4v) is 5.05. The van der Waals surface area contributed by atoms with E-state index in [1.165, 1.54) is 6.42 Å². The smallest absolute Gasteiger partial charge is 0.202 e. The van der Waals surface area contributed by atoms with Crippen molar-refractivity contribution in [1.29, 1.82) is 0 Å². The van der Waals surface area contributed by atoms with Gasteiger partial charge in [-0.3, -0.25) is 0 Å². The van der Waals surface area contributed by atoms with Crippen molar-refractivity contribution in [1.82, 2.24) is 9.03 Å². The van der Waals surface area contributed by atoms with E-state index in [2.05, 4.69) is 4.72 Å². The van der Waals surface area contributed by atoms with E-state index in [1.54, 1.807) is 4.31 Å². The summed E-state index contributed by atoms with van der Waals surface area (Å²) >= 11 is 6.13. The minimum Gasteiger partial charge on any atom is -0.202 e. The molecular formula is C14H27ClN2O2S. The van der Waals surface area contributed by atoms with Crippen LogP contribution in [0.2, 0.25) is 0 Å². The highest BCUT2D eigenvalue weighted by atomic mass is 35.5. The van der Waals surface area contributed by atoms with Crippen molar-refractivity contribution in [2.75, 3.05) is 25.5 Å². The molecule has 2 aliphatic rings. The summed E-state index contributed by atoms with van der Waals surface area (Å²) in [6.07, 6.45) is 9.88. The second-order valence-corrected chi connectivity index (χ2v) is 8.36. The molecule has 0 aromatic carbocycles. The first-order chi connectivity index (χ1) is 9.58. The Bertz CT molecular complexity index is 386. The van der Waals surface area contributed by atoms with Gasteiger partial charge in [-0.2, -0.15) is 12.7 Å². The molecule has 0 amide bonds. The van der Waals surface area contributed by atoms with Crippen LogP contribution in [0, 0.1) is 5.41 Å². The molecule has 1 saturated carbocycles. The molecule has 2 fully saturated rings. The molecule has 0 unspecified atom stereocenters. The average molecular weight is 323 g/mol. The maximum atomic E-state index is 12.4. The molecule has 0 aromatic heterocycles. The molecule has 118 valence electrons. The predicted octanol–water partition coefficient (Wildman–Crippen LogP) is 2.89. The fraction of sp³-hybridized carbons (Fsp3) is 1.00. The molecule has 1 aliphatic heterocycles. The van der Waals surface area contributed by atoms with Gasteiger partial charge in [-0.25, -0.2) is 4.72 Å². The number of hydrogen-bond acceptors (Lipinski definition) is 2. The molecule has 6 heteroatoms. The van der Waals surface area contributed by atoms with Crippen molar-refractivity contribution in [3.63, 3.8) is 0 Å². The third kappa shape index (κ3) is 4.33. The topological polar surface area (TPSA) is 49.4 Å². The molecule has 4 nitrogen and oxygen atoms in total. The Kier molecular flexibility index (Phi) is 6.14. The Morgan fingerprint density at radius 3 is 2.05 bits per heavy atom. The van der Waals surface area contributed by atoms with E-state index < -0.39 is 10.2 Å². The van der Waals surface area contributed by atoms with Gasteiger partial charge in [0.15, 0.2) is 0 Å². The first-order valence-corrected chi connectivity index (χ1v) is 9.86. The van der Waals surface area contributed by atoms with Crippen LogP contribution in [0.5, 0.6) is 0 Å². The van der Waals surface area contributed by atoms with Gasteiger partial charge in [0.25, 0.3) is 10.2 Å². The minimum atomic E-state index is -3.33. The number of rotatable bonds is 5. The fourth-order valence-electron chi connectivity index (χ4n) is 3.28. The van der Waals surface area contributed by atoms with E-state index in [0.717, 1.165) is 51.4 Å². The van der Waals surface area contributed by atoms with Gasteiger partial charge in [-0.05, 0) is 31.1 Å². The standard InChI is InChI=1S/C14H27ClN2O2S/c15-12-14(8-4-3-5-9-14)13-16-20(18,19)17-10-6-1-2-7-11-17/h16H,1-13H2. The molecule has 20 heavy (non-hydrogen) atoms. The molecule has 0 radical (unpaired) electrons. The number of hydrogen-bond donors (Lipinski definition) is 1. The van der Waals surface area contributed by atoms with E-state index in [-0.39, 0.29) is 5.41 Å². The zero-order chi connectivity index (χ0) is 14.5. The quantitative estimate of drug-likeness (QED) is 0.791. The largest absolute Gasteiger partial charge is 0.279 e. The normalized spacial score (nSPS) is 25.2. The second kappa shape index (κ2) is 7.43. The van der Waals surface area contributed by atoms with Crippen molar-refractivity contribution in [3.05, 3.63) is 0 Å². The third-order valence-corrected chi connectivity index (χ3v) is 6.85. The maximum Gasteiger partial charge on any atom is 0.279 e. The second-order valence-electron chi connectivity index (χ2n) is 6.33. The summed E-state index contributed by atoms with van der Waals surface area (Å²) in [5.74, 6) is 0.551. The van der Waals surface area contributed by atoms with Crippen molar-refractivity contribution < 1.29 is 8.42 Å². The summed E-state index contributed by atoms with van der Waals surface area (Å²) in [5.41, 5.74) is -0.0290. The lowest BCUT2D eigenvalue weighted by molar-refractivity contribution is 0.222. The maximum absolute atomic E-state index is 12.4. The Balaban J connectivity index is 1.93. The van der Waals surface area contributed by atoms with Gasteiger partial charge < -0.3 is 0 Å². The van der Waals surface area contributed by atoms with Gasteiger partial charge in [0, 0.05) is 25.5 Å². The SMILES string of the molecule is O=S(=O)(NCC1(CCl)CCCCC1)N1CCCCCC1. The van der Waals surface area contributed by atoms with Gasteiger partial charge in [0.2, 0.25) is 0 Å². The van der Waals surface area contributed by atoms with Gasteiger partial charge >= 0.3 is 0 Å². The molecule has 0 aromatic rings. The van der Waals surface area contributed by atoms with Crippen LogP contribution in [0.4, 0.5) is 0 Å². The van der Waals surface area contributed by atoms with Crippen LogP contribution in [0.1, 0.15) is 57.8 Å². The van der Waals surface area contributed by atoms with Crippen molar-refractivity contribution in [2.24, 2.45) is 5.41 Å². The van der Waals surface area contributed by atoms with E-state index >= 15 is 0 Å². The molecule has 1 N–H and O–H groups in total. The lowest BCUT2D eigenvalue weighted by Crippen LogP contribution is -2.46. The average Bonchev–Trinajstić information content (AvgIpc) is 2.76. The van der Waals surface area contributed by atoms with E-state index in [0.29, 0.717) is 25.5 Å². The first kappa shape index (κ1) is 16.5. The van der Waals surface area contributed by atoms with Crippen LogP contribution in [0.25, 0.3) is 0 Å². The predicted molar refractivity (Wildman–Crippen MR) is 83.2 cm³/mol. The van der Waals surface area contributed by atoms with Crippen LogP contribution in [0.3, 0.4) is 0 Å². The van der Waals surface area contributed by atoms with E-state index in [1.807, 2.05) is 0 Å². The Morgan fingerprint density at radius 1 is 0.950 bits per heavy atom. The molecular weight excluding hydrogens is 296 g/mol. The van der Waals surface area contributed by atoms with Gasteiger partial charge in [0.1, 0.15) is 0 Å². The summed E-state index contributed by atoms with van der Waals surface area (Å²) in [6, 6.07) is 0. The van der Waals surface area contributed by atoms with Crippen LogP contribution in [-0.2, 0) is 10.2 Å². The molecule has 0 spiro atoms. The number of nitrogens with one attached hydrogen (secondary N) is 1. The molecule has 1 heterocycles. The summed E-state index contributed by atoms with van der Waals surface area (Å²) in [4.78, 5) is 0. The van der Waals surface area contributed by atoms with E-state index in [9.17, 15) is 8.42 Å². The van der Waals surface area contributed by atoms with Crippen molar-refractivity contribution in [2.45, 2.75) is 57.8 Å². The van der Waals surface area contributed by atoms with Crippen LogP contribution < -0.4 is 4.72 Å². The Labute approximate surface area is 128 Å². The summed E-state index contributed by atoms with van der Waals surface area (Å²) < 4.78 is 29.3. The Hall–Kier alpha value is 0.160. The number of nitrogens with zero attached hydrogens (tertiary/aromatic N) is 1. The van der Waals surface area contributed by atoms with Gasteiger partial charge in [0.05, 0.1) is 0 Å². The van der Waals surface area contributed by atoms with Gasteiger partial charge in [-0.15, -0.1) is 11.6 Å². The van der Waals surface area contributed by atoms with Crippen LogP contribution in [-0.4, -0.2) is 38.2 Å². The molecule has 1 saturated heterocycles. The molecule has 1 aliphatic carbocycles. The third-order valence-electron chi connectivity index (χ3n) is 4.73. The monoisotopic (exact) mass is 322 g/mol. The summed E-state index contributed by atoms with van der Waals surface area (Å²) in [6.45, 7) is 1.81. The highest BCUT2D eigenvalue weighted by Crippen LogP contribution is 2.37. The molecule has 0 bridgehead atoms. The number of halogens is 1. The molecule has 2 rings (SSSR count). The van der Waals surface area contributed by atoms with Crippen LogP contribution in [0.15, 0.2) is 0 Å². The lowest BCUT2D eigenvalue weighted by atomic mass is 9.76. The Morgan fingerprint density at radius 2 is 1.50 bits per heavy atom. The summed E-state index contributed by atoms with van der Waals surface area (Å²) in [7, 11) is -3.33. The highest BCUT2D eigenvalue weighted by molar-refractivity contribution is 7.87. The lowest BCUT2D eigenvalue weighted by Gasteiger charge is -2.36. The van der Waals surface area contributed by atoms with Crippen molar-refractivity contribution >= 4 is 21.8 Å². The highest BCUT2D eigenvalue weighted by Gasteiger charge is 2.33. The van der Waals surface area contributed by atoms with Crippen molar-refractivity contribution in [3.8, 4) is 0 Å². The zero-order valence-corrected chi connectivity index (χ0v) is 13.8. The summed E-state index contributed by atoms with van der Waals surface area (Å²) in [5, 5.41) is 0. The van der Waals surface area contributed by atoms with E-state index in [4.69, 9.17) is 11.6 Å². The van der Waals surface area contributed by atoms with Crippen LogP contribution >= 0.6 is 11.6 Å². The minimum absolute atomic E-state index is 0.0290. The molecule has 0 atom stereocenters. The zero-order valence-electron chi connectivity index (χ0n) is 12.2.